The molecule has 3 N–H and O–H groups in total. The standard InChI is InChI=1S/C13H16N4O2/c1-2-14-8-5-12(18)17(7-8)9-3-4-10-11(6-9)16-13(19)15-10/h3-4,6,8,14H,2,5,7H2,1H3,(H2,15,16,19). The summed E-state index contributed by atoms with van der Waals surface area (Å²) in [6.07, 6.45) is 0.523. The lowest BCUT2D eigenvalue weighted by atomic mass is 10.2. The van der Waals surface area contributed by atoms with E-state index < -0.39 is 0 Å². The van der Waals surface area contributed by atoms with Crippen molar-refractivity contribution in [1.29, 1.82) is 0 Å². The van der Waals surface area contributed by atoms with E-state index in [0.29, 0.717) is 13.0 Å². The van der Waals surface area contributed by atoms with E-state index in [9.17, 15) is 9.59 Å². The van der Waals surface area contributed by atoms with Gasteiger partial charge in [0.15, 0.2) is 0 Å². The topological polar surface area (TPSA) is 81.0 Å². The van der Waals surface area contributed by atoms with Crippen LogP contribution < -0.4 is 15.9 Å². The number of aromatic nitrogens is 2. The van der Waals surface area contributed by atoms with Crippen LogP contribution in [0.3, 0.4) is 0 Å². The zero-order valence-corrected chi connectivity index (χ0v) is 10.7. The van der Waals surface area contributed by atoms with E-state index in [2.05, 4.69) is 15.3 Å². The van der Waals surface area contributed by atoms with Crippen molar-refractivity contribution in [2.75, 3.05) is 18.0 Å². The van der Waals surface area contributed by atoms with Crippen molar-refractivity contribution in [2.45, 2.75) is 19.4 Å². The fraction of sp³-hybridized carbons (Fsp3) is 0.385. The summed E-state index contributed by atoms with van der Waals surface area (Å²) in [5.41, 5.74) is 2.07. The molecule has 0 aliphatic carbocycles. The molecule has 1 unspecified atom stereocenters. The van der Waals surface area contributed by atoms with E-state index in [1.54, 1.807) is 4.90 Å². The number of carbonyl (C=O) groups is 1. The summed E-state index contributed by atoms with van der Waals surface area (Å²) in [7, 11) is 0. The molecule has 2 aromatic rings. The fourth-order valence-corrected chi connectivity index (χ4v) is 2.57. The van der Waals surface area contributed by atoms with Gasteiger partial charge >= 0.3 is 5.69 Å². The van der Waals surface area contributed by atoms with Gasteiger partial charge in [0, 0.05) is 24.7 Å². The molecule has 0 radical (unpaired) electrons. The van der Waals surface area contributed by atoms with Gasteiger partial charge in [0.2, 0.25) is 5.91 Å². The summed E-state index contributed by atoms with van der Waals surface area (Å²) < 4.78 is 0. The third-order valence-corrected chi connectivity index (χ3v) is 3.43. The Morgan fingerprint density at radius 2 is 2.11 bits per heavy atom. The minimum absolute atomic E-state index is 0.114. The maximum absolute atomic E-state index is 12.0. The van der Waals surface area contributed by atoms with Crippen LogP contribution in [0, 0.1) is 0 Å². The second-order valence-electron chi connectivity index (χ2n) is 4.77. The number of nitrogens with one attached hydrogen (secondary N) is 3. The van der Waals surface area contributed by atoms with Gasteiger partial charge in [0.25, 0.3) is 0 Å². The van der Waals surface area contributed by atoms with E-state index in [4.69, 9.17) is 0 Å². The van der Waals surface area contributed by atoms with Gasteiger partial charge in [-0.05, 0) is 24.7 Å². The van der Waals surface area contributed by atoms with Gasteiger partial charge in [-0.1, -0.05) is 6.92 Å². The van der Waals surface area contributed by atoms with Crippen LogP contribution in [-0.4, -0.2) is 35.0 Å². The molecule has 1 saturated heterocycles. The quantitative estimate of drug-likeness (QED) is 0.754. The van der Waals surface area contributed by atoms with Crippen molar-refractivity contribution in [1.82, 2.24) is 15.3 Å². The van der Waals surface area contributed by atoms with Gasteiger partial charge in [0.1, 0.15) is 0 Å². The van der Waals surface area contributed by atoms with Crippen LogP contribution in [-0.2, 0) is 4.79 Å². The number of H-pyrrole nitrogens is 2. The molecule has 1 aromatic carbocycles. The Balaban J connectivity index is 1.91. The lowest BCUT2D eigenvalue weighted by Crippen LogP contribution is -2.32. The first-order chi connectivity index (χ1) is 9.17. The first-order valence-electron chi connectivity index (χ1n) is 6.43. The van der Waals surface area contributed by atoms with E-state index in [-0.39, 0.29) is 17.6 Å². The molecule has 0 bridgehead atoms. The van der Waals surface area contributed by atoms with E-state index >= 15 is 0 Å². The molecule has 1 atom stereocenters. The number of benzene rings is 1. The van der Waals surface area contributed by atoms with Gasteiger partial charge in [-0.2, -0.15) is 0 Å². The number of fused-ring (bicyclic) bond motifs is 1. The second-order valence-corrected chi connectivity index (χ2v) is 4.77. The average Bonchev–Trinajstić information content (AvgIpc) is 2.90. The molecule has 2 heterocycles. The summed E-state index contributed by atoms with van der Waals surface area (Å²) in [5, 5.41) is 3.29. The predicted octanol–water partition coefficient (Wildman–Crippen LogP) is 0.571. The first-order valence-corrected chi connectivity index (χ1v) is 6.43. The molecule has 6 heteroatoms. The van der Waals surface area contributed by atoms with Gasteiger partial charge in [-0.25, -0.2) is 4.79 Å². The van der Waals surface area contributed by atoms with Crippen LogP contribution in [0.5, 0.6) is 0 Å². The average molecular weight is 260 g/mol. The minimum Gasteiger partial charge on any atom is -0.312 e. The highest BCUT2D eigenvalue weighted by Crippen LogP contribution is 2.24. The highest BCUT2D eigenvalue weighted by atomic mass is 16.2. The Morgan fingerprint density at radius 1 is 1.32 bits per heavy atom. The molecular weight excluding hydrogens is 244 g/mol. The summed E-state index contributed by atoms with van der Waals surface area (Å²) in [5.74, 6) is 0.114. The zero-order valence-electron chi connectivity index (χ0n) is 10.7. The minimum atomic E-state index is -0.231. The molecule has 1 aromatic heterocycles. The zero-order chi connectivity index (χ0) is 13.4. The number of anilines is 1. The smallest absolute Gasteiger partial charge is 0.312 e. The van der Waals surface area contributed by atoms with Crippen LogP contribution >= 0.6 is 0 Å². The number of aromatic amines is 2. The maximum Gasteiger partial charge on any atom is 0.323 e. The van der Waals surface area contributed by atoms with Gasteiger partial charge in [-0.15, -0.1) is 0 Å². The van der Waals surface area contributed by atoms with Crippen molar-refractivity contribution < 1.29 is 4.79 Å². The largest absolute Gasteiger partial charge is 0.323 e. The molecule has 1 aliphatic heterocycles. The number of hydrogen-bond donors (Lipinski definition) is 3. The first kappa shape index (κ1) is 12.0. The third kappa shape index (κ3) is 2.15. The number of hydrogen-bond acceptors (Lipinski definition) is 3. The van der Waals surface area contributed by atoms with Crippen LogP contribution in [0.15, 0.2) is 23.0 Å². The summed E-state index contributed by atoms with van der Waals surface area (Å²) >= 11 is 0. The highest BCUT2D eigenvalue weighted by molar-refractivity contribution is 5.97. The number of nitrogens with zero attached hydrogens (tertiary/aromatic N) is 1. The SMILES string of the molecule is CCNC1CC(=O)N(c2ccc3[nH]c(=O)[nH]c3c2)C1. The van der Waals surface area contributed by atoms with E-state index in [0.717, 1.165) is 23.3 Å². The number of amides is 1. The Hall–Kier alpha value is -2.08. The van der Waals surface area contributed by atoms with Gasteiger partial charge in [-0.3, -0.25) is 4.79 Å². The summed E-state index contributed by atoms with van der Waals surface area (Å²) in [6.45, 7) is 3.56. The van der Waals surface area contributed by atoms with Crippen molar-refractivity contribution >= 4 is 22.6 Å². The highest BCUT2D eigenvalue weighted by Gasteiger charge is 2.29. The fourth-order valence-electron chi connectivity index (χ4n) is 2.57. The molecule has 3 rings (SSSR count). The normalized spacial score (nSPS) is 19.5. The third-order valence-electron chi connectivity index (χ3n) is 3.43. The Bertz CT molecular complexity index is 673. The van der Waals surface area contributed by atoms with Crippen LogP contribution in [0.25, 0.3) is 11.0 Å². The summed E-state index contributed by atoms with van der Waals surface area (Å²) in [4.78, 5) is 30.4. The van der Waals surface area contributed by atoms with Crippen LogP contribution in [0.4, 0.5) is 5.69 Å². The molecule has 1 amide bonds. The van der Waals surface area contributed by atoms with Crippen LogP contribution in [0.2, 0.25) is 0 Å². The van der Waals surface area contributed by atoms with Gasteiger partial charge < -0.3 is 20.2 Å². The van der Waals surface area contributed by atoms with Crippen LogP contribution in [0.1, 0.15) is 13.3 Å². The van der Waals surface area contributed by atoms with E-state index in [1.165, 1.54) is 0 Å². The summed E-state index contributed by atoms with van der Waals surface area (Å²) in [6, 6.07) is 5.72. The number of rotatable bonds is 3. The monoisotopic (exact) mass is 260 g/mol. The Labute approximate surface area is 109 Å². The molecule has 0 saturated carbocycles. The number of carbonyl (C=O) groups excluding carboxylic acids is 1. The maximum atomic E-state index is 12.0. The van der Waals surface area contributed by atoms with Crippen molar-refractivity contribution in [2.24, 2.45) is 0 Å². The molecule has 1 fully saturated rings. The molecule has 19 heavy (non-hydrogen) atoms. The molecule has 0 spiro atoms. The molecule has 6 nitrogen and oxygen atoms in total. The second kappa shape index (κ2) is 4.55. The van der Waals surface area contributed by atoms with Crippen molar-refractivity contribution in [3.05, 3.63) is 28.7 Å². The Morgan fingerprint density at radius 3 is 2.89 bits per heavy atom. The van der Waals surface area contributed by atoms with Crippen molar-refractivity contribution in [3.63, 3.8) is 0 Å². The lowest BCUT2D eigenvalue weighted by molar-refractivity contribution is -0.117. The van der Waals surface area contributed by atoms with Crippen molar-refractivity contribution in [3.8, 4) is 0 Å². The molecule has 1 aliphatic rings. The Kier molecular flexibility index (Phi) is 2.87. The number of imidazole rings is 1. The predicted molar refractivity (Wildman–Crippen MR) is 73.4 cm³/mol. The van der Waals surface area contributed by atoms with E-state index in [1.807, 2.05) is 25.1 Å². The molecular formula is C13H16N4O2. The number of likely N-dealkylation sites (N-methyl/N-ethyl adjacent to an activating group) is 1. The van der Waals surface area contributed by atoms with Gasteiger partial charge in [0.05, 0.1) is 11.0 Å². The molecule has 100 valence electrons. The lowest BCUT2D eigenvalue weighted by Gasteiger charge is -2.17.